The van der Waals surface area contributed by atoms with Gasteiger partial charge in [0.2, 0.25) is 0 Å². The molecule has 0 saturated heterocycles. The fourth-order valence-corrected chi connectivity index (χ4v) is 2.43. The van der Waals surface area contributed by atoms with Crippen LogP contribution in [0.1, 0.15) is 43.9 Å². The SMILES string of the molecule is C=C/C=C(C=C)/C=C/c1cnc2cc(C3CC3)nn2c1/N=C/Cl.CC. The van der Waals surface area contributed by atoms with Gasteiger partial charge in [0.1, 0.15) is 0 Å². The van der Waals surface area contributed by atoms with Gasteiger partial charge in [-0.15, -0.1) is 0 Å². The zero-order valence-corrected chi connectivity index (χ0v) is 15.4. The molecule has 1 aliphatic rings. The maximum Gasteiger partial charge on any atom is 0.165 e. The predicted molar refractivity (Wildman–Crippen MR) is 108 cm³/mol. The molecule has 0 aliphatic heterocycles. The maximum absolute atomic E-state index is 5.71. The Balaban J connectivity index is 0.00000109. The first kappa shape index (κ1) is 18.9. The second kappa shape index (κ2) is 9.14. The molecule has 1 fully saturated rings. The summed E-state index contributed by atoms with van der Waals surface area (Å²) in [5.41, 5.74) is 4.88. The smallest absolute Gasteiger partial charge is 0.165 e. The van der Waals surface area contributed by atoms with Crippen molar-refractivity contribution >= 4 is 34.8 Å². The van der Waals surface area contributed by atoms with Gasteiger partial charge in [0.05, 0.1) is 11.4 Å². The van der Waals surface area contributed by atoms with E-state index in [4.69, 9.17) is 11.6 Å². The fourth-order valence-electron chi connectivity index (χ4n) is 2.34. The molecule has 0 radical (unpaired) electrons. The number of aromatic nitrogens is 3. The summed E-state index contributed by atoms with van der Waals surface area (Å²) in [5, 5.41) is 4.63. The number of aliphatic imine (C=N–C) groups is 1. The van der Waals surface area contributed by atoms with Crippen molar-refractivity contribution in [1.82, 2.24) is 14.6 Å². The van der Waals surface area contributed by atoms with Crippen molar-refractivity contribution in [1.29, 1.82) is 0 Å². The lowest BCUT2D eigenvalue weighted by Crippen LogP contribution is -1.94. The van der Waals surface area contributed by atoms with Crippen LogP contribution in [-0.4, -0.2) is 20.3 Å². The molecule has 1 aliphatic carbocycles. The topological polar surface area (TPSA) is 42.5 Å². The Labute approximate surface area is 154 Å². The molecule has 5 heteroatoms. The van der Waals surface area contributed by atoms with Crippen molar-refractivity contribution < 1.29 is 0 Å². The summed E-state index contributed by atoms with van der Waals surface area (Å²) in [6.45, 7) is 11.5. The highest BCUT2D eigenvalue weighted by atomic mass is 35.5. The normalized spacial score (nSPS) is 14.8. The van der Waals surface area contributed by atoms with E-state index in [-0.39, 0.29) is 0 Å². The molecule has 0 N–H and O–H groups in total. The Morgan fingerprint density at radius 2 is 2.12 bits per heavy atom. The lowest BCUT2D eigenvalue weighted by molar-refractivity contribution is 0.880. The minimum Gasteiger partial charge on any atom is -0.236 e. The number of halogens is 1. The standard InChI is InChI=1S/C18H17ClN4.C2H6/c1-3-5-13(4-2)6-7-15-11-20-17-10-16(14-8-9-14)22-23(17)18(15)21-12-19;1-2/h3-7,10-12,14H,1-2,8-9H2;1-2H3/b7-6+,13-5+,21-12+;. The highest BCUT2D eigenvalue weighted by Crippen LogP contribution is 2.39. The molecule has 0 amide bonds. The summed E-state index contributed by atoms with van der Waals surface area (Å²) in [5.74, 6) is 1.22. The monoisotopic (exact) mass is 354 g/mol. The molecule has 4 nitrogen and oxygen atoms in total. The molecule has 130 valence electrons. The van der Waals surface area contributed by atoms with Crippen LogP contribution >= 0.6 is 11.6 Å². The number of hydrogen-bond acceptors (Lipinski definition) is 3. The lowest BCUT2D eigenvalue weighted by Gasteiger charge is -2.03. The Morgan fingerprint density at radius 1 is 1.36 bits per heavy atom. The van der Waals surface area contributed by atoms with Crippen LogP contribution in [0.25, 0.3) is 11.7 Å². The van der Waals surface area contributed by atoms with E-state index in [0.29, 0.717) is 11.7 Å². The molecular weight excluding hydrogens is 332 g/mol. The van der Waals surface area contributed by atoms with Crippen molar-refractivity contribution in [3.8, 4) is 0 Å². The zero-order chi connectivity index (χ0) is 18.2. The van der Waals surface area contributed by atoms with E-state index in [1.165, 1.54) is 18.5 Å². The third-order valence-electron chi connectivity index (χ3n) is 3.67. The summed E-state index contributed by atoms with van der Waals surface area (Å²) in [7, 11) is 0. The minimum absolute atomic E-state index is 0.561. The number of rotatable bonds is 6. The third kappa shape index (κ3) is 4.54. The summed E-state index contributed by atoms with van der Waals surface area (Å²) in [4.78, 5) is 8.73. The van der Waals surface area contributed by atoms with Gasteiger partial charge in [-0.2, -0.15) is 9.61 Å². The van der Waals surface area contributed by atoms with Crippen LogP contribution in [0, 0.1) is 0 Å². The zero-order valence-electron chi connectivity index (χ0n) is 14.7. The molecule has 0 atom stereocenters. The molecule has 25 heavy (non-hydrogen) atoms. The lowest BCUT2D eigenvalue weighted by atomic mass is 10.2. The molecule has 2 heterocycles. The molecular formula is C20H23ClN4. The summed E-state index contributed by atoms with van der Waals surface area (Å²) in [6.07, 6.45) is 13.4. The molecule has 2 aromatic heterocycles. The first-order chi connectivity index (χ1) is 12.3. The molecule has 0 spiro atoms. The van der Waals surface area contributed by atoms with Gasteiger partial charge in [0, 0.05) is 23.7 Å². The van der Waals surface area contributed by atoms with Crippen LogP contribution in [0.5, 0.6) is 0 Å². The second-order valence-corrected chi connectivity index (χ2v) is 5.51. The van der Waals surface area contributed by atoms with E-state index in [9.17, 15) is 0 Å². The maximum atomic E-state index is 5.71. The summed E-state index contributed by atoms with van der Waals surface area (Å²) < 4.78 is 1.75. The largest absolute Gasteiger partial charge is 0.236 e. The number of fused-ring (bicyclic) bond motifs is 1. The molecule has 0 bridgehead atoms. The van der Waals surface area contributed by atoms with Gasteiger partial charge in [0.25, 0.3) is 0 Å². The number of allylic oxidation sites excluding steroid dienone is 5. The van der Waals surface area contributed by atoms with Gasteiger partial charge < -0.3 is 0 Å². The van der Waals surface area contributed by atoms with Crippen LogP contribution in [-0.2, 0) is 0 Å². The molecule has 0 aromatic carbocycles. The Hall–Kier alpha value is -2.46. The minimum atomic E-state index is 0.561. The average molecular weight is 355 g/mol. The van der Waals surface area contributed by atoms with E-state index >= 15 is 0 Å². The van der Waals surface area contributed by atoms with E-state index in [1.54, 1.807) is 22.9 Å². The molecule has 2 aromatic rings. The van der Waals surface area contributed by atoms with E-state index in [1.807, 2.05) is 38.1 Å². The van der Waals surface area contributed by atoms with Gasteiger partial charge in [-0.3, -0.25) is 0 Å². The van der Waals surface area contributed by atoms with Crippen molar-refractivity contribution in [3.63, 3.8) is 0 Å². The molecule has 3 rings (SSSR count). The van der Waals surface area contributed by atoms with Crippen molar-refractivity contribution in [2.24, 2.45) is 4.99 Å². The van der Waals surface area contributed by atoms with Gasteiger partial charge in [-0.25, -0.2) is 9.98 Å². The Morgan fingerprint density at radius 3 is 2.72 bits per heavy atom. The van der Waals surface area contributed by atoms with Crippen molar-refractivity contribution in [2.45, 2.75) is 32.6 Å². The van der Waals surface area contributed by atoms with E-state index in [2.05, 4.69) is 28.2 Å². The second-order valence-electron chi connectivity index (χ2n) is 5.32. The quantitative estimate of drug-likeness (QED) is 0.482. The van der Waals surface area contributed by atoms with Gasteiger partial charge in [-0.05, 0) is 24.5 Å². The highest BCUT2D eigenvalue weighted by Gasteiger charge is 2.27. The van der Waals surface area contributed by atoms with Gasteiger partial charge in [0.15, 0.2) is 11.5 Å². The van der Waals surface area contributed by atoms with Gasteiger partial charge >= 0.3 is 0 Å². The third-order valence-corrected chi connectivity index (χ3v) is 3.77. The van der Waals surface area contributed by atoms with Crippen LogP contribution in [0.15, 0.2) is 60.3 Å². The highest BCUT2D eigenvalue weighted by molar-refractivity contribution is 6.56. The van der Waals surface area contributed by atoms with Crippen LogP contribution < -0.4 is 0 Å². The van der Waals surface area contributed by atoms with Crippen LogP contribution in [0.3, 0.4) is 0 Å². The summed E-state index contributed by atoms with van der Waals surface area (Å²) >= 11 is 5.71. The first-order valence-corrected chi connectivity index (χ1v) is 8.85. The Bertz CT molecular complexity index is 839. The summed E-state index contributed by atoms with van der Waals surface area (Å²) in [6, 6.07) is 2.02. The van der Waals surface area contributed by atoms with E-state index < -0.39 is 0 Å². The van der Waals surface area contributed by atoms with Crippen molar-refractivity contribution in [2.75, 3.05) is 0 Å². The molecule has 1 saturated carbocycles. The molecule has 0 unspecified atom stereocenters. The predicted octanol–water partition coefficient (Wildman–Crippen LogP) is 5.84. The Kier molecular flexibility index (Phi) is 6.90. The number of hydrogen-bond donors (Lipinski definition) is 0. The number of nitrogens with zero attached hydrogens (tertiary/aromatic N) is 4. The fraction of sp³-hybridized carbons (Fsp3) is 0.250. The van der Waals surface area contributed by atoms with Crippen LogP contribution in [0.4, 0.5) is 5.82 Å². The van der Waals surface area contributed by atoms with Gasteiger partial charge in [-0.1, -0.05) is 62.9 Å². The first-order valence-electron chi connectivity index (χ1n) is 8.41. The van der Waals surface area contributed by atoms with Crippen molar-refractivity contribution in [3.05, 3.63) is 66.6 Å². The van der Waals surface area contributed by atoms with Crippen LogP contribution in [0.2, 0.25) is 0 Å². The average Bonchev–Trinajstić information content (AvgIpc) is 3.40. The van der Waals surface area contributed by atoms with E-state index in [0.717, 1.165) is 22.5 Å².